The number of amides is 1. The molecule has 5 heteroatoms. The second-order valence-electron chi connectivity index (χ2n) is 4.69. The van der Waals surface area contributed by atoms with E-state index >= 15 is 0 Å². The van der Waals surface area contributed by atoms with Gasteiger partial charge in [-0.05, 0) is 49.2 Å². The molecule has 0 saturated heterocycles. The summed E-state index contributed by atoms with van der Waals surface area (Å²) in [4.78, 5) is 12.4. The van der Waals surface area contributed by atoms with Crippen molar-refractivity contribution in [1.82, 2.24) is 0 Å². The molecule has 0 unspecified atom stereocenters. The van der Waals surface area contributed by atoms with Gasteiger partial charge in [0.1, 0.15) is 17.1 Å². The molecule has 0 aliphatic carbocycles. The normalized spacial score (nSPS) is 10.3. The average molecular weight is 352 g/mol. The van der Waals surface area contributed by atoms with Crippen LogP contribution in [0, 0.1) is 19.7 Å². The van der Waals surface area contributed by atoms with Crippen LogP contribution >= 0.6 is 15.9 Å². The van der Waals surface area contributed by atoms with E-state index in [2.05, 4.69) is 21.2 Å². The topological polar surface area (TPSA) is 38.3 Å². The van der Waals surface area contributed by atoms with Gasteiger partial charge in [-0.25, -0.2) is 4.39 Å². The van der Waals surface area contributed by atoms with Crippen LogP contribution in [0.1, 0.15) is 21.5 Å². The van der Waals surface area contributed by atoms with Gasteiger partial charge in [0.05, 0.1) is 7.11 Å². The van der Waals surface area contributed by atoms with Crippen LogP contribution in [0.15, 0.2) is 34.8 Å². The zero-order valence-electron chi connectivity index (χ0n) is 12.0. The fourth-order valence-electron chi connectivity index (χ4n) is 2.18. The first-order chi connectivity index (χ1) is 9.93. The van der Waals surface area contributed by atoms with Crippen LogP contribution in [0.4, 0.5) is 10.1 Å². The highest BCUT2D eigenvalue weighted by molar-refractivity contribution is 9.10. The lowest BCUT2D eigenvalue weighted by atomic mass is 10.1. The number of anilines is 1. The minimum Gasteiger partial charge on any atom is -0.496 e. The maximum absolute atomic E-state index is 13.9. The van der Waals surface area contributed by atoms with E-state index in [4.69, 9.17) is 4.74 Å². The number of aryl methyl sites for hydroxylation is 2. The minimum absolute atomic E-state index is 0.0956. The molecule has 1 N–H and O–H groups in total. The lowest BCUT2D eigenvalue weighted by molar-refractivity contribution is 0.102. The maximum Gasteiger partial charge on any atom is 0.262 e. The van der Waals surface area contributed by atoms with Gasteiger partial charge < -0.3 is 10.1 Å². The summed E-state index contributed by atoms with van der Waals surface area (Å²) in [6, 6.07) is 8.07. The number of hydrogen-bond acceptors (Lipinski definition) is 2. The van der Waals surface area contributed by atoms with Crippen LogP contribution in [-0.4, -0.2) is 13.0 Å². The Balaban J connectivity index is 2.40. The van der Waals surface area contributed by atoms with Gasteiger partial charge in [-0.3, -0.25) is 4.79 Å². The second kappa shape index (κ2) is 6.26. The van der Waals surface area contributed by atoms with Crippen molar-refractivity contribution < 1.29 is 13.9 Å². The van der Waals surface area contributed by atoms with E-state index in [-0.39, 0.29) is 11.3 Å². The number of hydrogen-bond donors (Lipinski definition) is 1. The predicted octanol–water partition coefficient (Wildman–Crippen LogP) is 4.47. The van der Waals surface area contributed by atoms with Gasteiger partial charge in [0, 0.05) is 10.2 Å². The zero-order chi connectivity index (χ0) is 15.6. The molecule has 0 radical (unpaired) electrons. The summed E-state index contributed by atoms with van der Waals surface area (Å²) in [5.41, 5.74) is 2.37. The molecule has 0 aliphatic heterocycles. The molecule has 2 aromatic carbocycles. The molecule has 21 heavy (non-hydrogen) atoms. The van der Waals surface area contributed by atoms with Crippen molar-refractivity contribution in [1.29, 1.82) is 0 Å². The summed E-state index contributed by atoms with van der Waals surface area (Å²) in [6.07, 6.45) is 0. The number of ether oxygens (including phenoxy) is 1. The number of rotatable bonds is 3. The van der Waals surface area contributed by atoms with Gasteiger partial charge in [0.25, 0.3) is 5.91 Å². The van der Waals surface area contributed by atoms with Crippen LogP contribution in [0.5, 0.6) is 5.75 Å². The van der Waals surface area contributed by atoms with E-state index in [0.29, 0.717) is 5.69 Å². The van der Waals surface area contributed by atoms with Gasteiger partial charge in [-0.1, -0.05) is 22.0 Å². The molecular formula is C16H15BrFNO2. The van der Waals surface area contributed by atoms with E-state index < -0.39 is 11.7 Å². The Morgan fingerprint density at radius 2 is 1.86 bits per heavy atom. The van der Waals surface area contributed by atoms with Crippen molar-refractivity contribution in [2.24, 2.45) is 0 Å². The van der Waals surface area contributed by atoms with Gasteiger partial charge >= 0.3 is 0 Å². The van der Waals surface area contributed by atoms with Crippen molar-refractivity contribution in [2.75, 3.05) is 12.4 Å². The maximum atomic E-state index is 13.9. The Kier molecular flexibility index (Phi) is 4.63. The number of nitrogens with one attached hydrogen (secondary N) is 1. The van der Waals surface area contributed by atoms with Crippen LogP contribution in [0.25, 0.3) is 0 Å². The first kappa shape index (κ1) is 15.5. The van der Waals surface area contributed by atoms with Crippen LogP contribution in [0.2, 0.25) is 0 Å². The Labute approximate surface area is 131 Å². The number of methoxy groups -OCH3 is 1. The number of halogens is 2. The molecule has 110 valence electrons. The van der Waals surface area contributed by atoms with Gasteiger partial charge in [-0.2, -0.15) is 0 Å². The van der Waals surface area contributed by atoms with Crippen LogP contribution < -0.4 is 10.1 Å². The Bertz CT molecular complexity index is 678. The molecule has 0 saturated carbocycles. The Hall–Kier alpha value is -1.88. The summed E-state index contributed by atoms with van der Waals surface area (Å²) in [7, 11) is 1.40. The average Bonchev–Trinajstić information content (AvgIpc) is 2.42. The fourth-order valence-corrected chi connectivity index (χ4v) is 2.87. The summed E-state index contributed by atoms with van der Waals surface area (Å²) in [6.45, 7) is 3.76. The fraction of sp³-hybridized carbons (Fsp3) is 0.188. The minimum atomic E-state index is -0.612. The molecule has 0 aliphatic rings. The van der Waals surface area contributed by atoms with Gasteiger partial charge in [0.2, 0.25) is 0 Å². The van der Waals surface area contributed by atoms with Crippen molar-refractivity contribution >= 4 is 27.5 Å². The zero-order valence-corrected chi connectivity index (χ0v) is 13.5. The smallest absolute Gasteiger partial charge is 0.262 e. The molecule has 2 rings (SSSR count). The third kappa shape index (κ3) is 3.24. The number of carbonyl (C=O) groups excluding carboxylic acids is 1. The van der Waals surface area contributed by atoms with Crippen molar-refractivity contribution in [3.8, 4) is 5.75 Å². The molecule has 0 atom stereocenters. The van der Waals surface area contributed by atoms with E-state index in [1.807, 2.05) is 26.0 Å². The quantitative estimate of drug-likeness (QED) is 0.885. The summed E-state index contributed by atoms with van der Waals surface area (Å²) in [5, 5.41) is 2.76. The Morgan fingerprint density at radius 1 is 1.24 bits per heavy atom. The number of benzene rings is 2. The Morgan fingerprint density at radius 3 is 2.43 bits per heavy atom. The third-order valence-electron chi connectivity index (χ3n) is 3.16. The van der Waals surface area contributed by atoms with Gasteiger partial charge in [0.15, 0.2) is 0 Å². The van der Waals surface area contributed by atoms with Crippen molar-refractivity contribution in [3.63, 3.8) is 0 Å². The second-order valence-corrected chi connectivity index (χ2v) is 5.60. The lowest BCUT2D eigenvalue weighted by Crippen LogP contribution is -2.16. The predicted molar refractivity (Wildman–Crippen MR) is 84.5 cm³/mol. The first-order valence-electron chi connectivity index (χ1n) is 6.34. The van der Waals surface area contributed by atoms with E-state index in [1.165, 1.54) is 19.2 Å². The monoisotopic (exact) mass is 351 g/mol. The first-order valence-corrected chi connectivity index (χ1v) is 7.14. The largest absolute Gasteiger partial charge is 0.496 e. The summed E-state index contributed by atoms with van der Waals surface area (Å²) < 4.78 is 19.9. The molecular weight excluding hydrogens is 337 g/mol. The lowest BCUT2D eigenvalue weighted by Gasteiger charge is -2.14. The van der Waals surface area contributed by atoms with Crippen LogP contribution in [0.3, 0.4) is 0 Å². The highest BCUT2D eigenvalue weighted by Gasteiger charge is 2.19. The van der Waals surface area contributed by atoms with E-state index in [0.717, 1.165) is 15.6 Å². The summed E-state index contributed by atoms with van der Waals surface area (Å²) >= 11 is 3.40. The van der Waals surface area contributed by atoms with E-state index in [1.54, 1.807) is 6.07 Å². The van der Waals surface area contributed by atoms with Crippen molar-refractivity contribution in [2.45, 2.75) is 13.8 Å². The number of carbonyl (C=O) groups is 1. The molecule has 0 heterocycles. The SMILES string of the molecule is COc1cccc(F)c1C(=O)Nc1c(C)cc(Br)cc1C. The molecule has 3 nitrogen and oxygen atoms in total. The van der Waals surface area contributed by atoms with Crippen molar-refractivity contribution in [3.05, 3.63) is 57.3 Å². The third-order valence-corrected chi connectivity index (χ3v) is 3.62. The molecule has 1 amide bonds. The molecule has 0 aromatic heterocycles. The molecule has 2 aromatic rings. The standard InChI is InChI=1S/C16H15BrFNO2/c1-9-7-11(17)8-10(2)15(9)19-16(20)14-12(18)5-4-6-13(14)21-3/h4-8H,1-3H3,(H,19,20). The highest BCUT2D eigenvalue weighted by atomic mass is 79.9. The molecule has 0 bridgehead atoms. The van der Waals surface area contributed by atoms with E-state index in [9.17, 15) is 9.18 Å². The van der Waals surface area contributed by atoms with Crippen LogP contribution in [-0.2, 0) is 0 Å². The molecule has 0 spiro atoms. The summed E-state index contributed by atoms with van der Waals surface area (Å²) in [5.74, 6) is -0.933. The van der Waals surface area contributed by atoms with Gasteiger partial charge in [-0.15, -0.1) is 0 Å². The highest BCUT2D eigenvalue weighted by Crippen LogP contribution is 2.27. The molecule has 0 fully saturated rings.